The zero-order valence-corrected chi connectivity index (χ0v) is 16.8. The molecule has 156 valence electrons. The van der Waals surface area contributed by atoms with Gasteiger partial charge in [0.15, 0.2) is 5.17 Å². The quantitative estimate of drug-likeness (QED) is 0.350. The number of rotatable bonds is 9. The Balaban J connectivity index is 1.39. The molecule has 1 amide bonds. The molecule has 2 aliphatic rings. The molecule has 0 radical (unpaired) electrons. The van der Waals surface area contributed by atoms with Gasteiger partial charge in [-0.15, -0.1) is 5.10 Å². The molecule has 2 aliphatic heterocycles. The molecule has 0 spiro atoms. The Labute approximate surface area is 173 Å². The van der Waals surface area contributed by atoms with Crippen LogP contribution in [0.2, 0.25) is 0 Å². The molecule has 2 heterocycles. The summed E-state index contributed by atoms with van der Waals surface area (Å²) in [5.74, 6) is -0.585. The van der Waals surface area contributed by atoms with Crippen LogP contribution in [0.3, 0.4) is 0 Å². The summed E-state index contributed by atoms with van der Waals surface area (Å²) in [6, 6.07) is 7.49. The van der Waals surface area contributed by atoms with E-state index in [9.17, 15) is 9.59 Å². The molecule has 1 aromatic carbocycles. The zero-order valence-electron chi connectivity index (χ0n) is 16.0. The third-order valence-corrected chi connectivity index (χ3v) is 5.44. The van der Waals surface area contributed by atoms with Gasteiger partial charge in [-0.3, -0.25) is 14.5 Å². The fraction of sp³-hybridized carbons (Fsp3) is 0.474. The van der Waals surface area contributed by atoms with E-state index in [0.29, 0.717) is 11.8 Å². The fourth-order valence-corrected chi connectivity index (χ4v) is 3.76. The summed E-state index contributed by atoms with van der Waals surface area (Å²) < 4.78 is 11.1. The van der Waals surface area contributed by atoms with Gasteiger partial charge in [0.2, 0.25) is 5.91 Å². The lowest BCUT2D eigenvalue weighted by Gasteiger charge is -2.26. The van der Waals surface area contributed by atoms with Gasteiger partial charge in [-0.2, -0.15) is 5.10 Å². The van der Waals surface area contributed by atoms with E-state index in [-0.39, 0.29) is 12.3 Å². The first kappa shape index (κ1) is 21.3. The van der Waals surface area contributed by atoms with Crippen LogP contribution in [0.25, 0.3) is 0 Å². The van der Waals surface area contributed by atoms with Crippen LogP contribution in [0.1, 0.15) is 18.4 Å². The molecule has 29 heavy (non-hydrogen) atoms. The summed E-state index contributed by atoms with van der Waals surface area (Å²) in [6.07, 6.45) is 2.28. The lowest BCUT2D eigenvalue weighted by Crippen LogP contribution is -2.37. The van der Waals surface area contributed by atoms with Crippen LogP contribution in [0.4, 0.5) is 0 Å². The molecule has 1 unspecified atom stereocenters. The predicted octanol–water partition coefficient (Wildman–Crippen LogP) is 1.18. The first-order valence-corrected chi connectivity index (χ1v) is 10.3. The number of amides is 1. The Kier molecular flexibility index (Phi) is 8.03. The Bertz CT molecular complexity index is 762. The molecular weight excluding hydrogens is 396 g/mol. The van der Waals surface area contributed by atoms with E-state index in [0.717, 1.165) is 62.3 Å². The summed E-state index contributed by atoms with van der Waals surface area (Å²) in [7, 11) is 0. The number of carboxylic acids is 1. The summed E-state index contributed by atoms with van der Waals surface area (Å²) in [5.41, 5.74) is 0.839. The van der Waals surface area contributed by atoms with E-state index in [1.54, 1.807) is 6.21 Å². The van der Waals surface area contributed by atoms with Crippen LogP contribution in [-0.2, 0) is 14.3 Å². The van der Waals surface area contributed by atoms with Crippen LogP contribution in [0.5, 0.6) is 5.75 Å². The van der Waals surface area contributed by atoms with Crippen molar-refractivity contribution in [2.45, 2.75) is 18.1 Å². The molecule has 2 saturated heterocycles. The average molecular weight is 420 g/mol. The van der Waals surface area contributed by atoms with E-state index < -0.39 is 11.2 Å². The van der Waals surface area contributed by atoms with Crippen molar-refractivity contribution < 1.29 is 24.2 Å². The van der Waals surface area contributed by atoms with E-state index >= 15 is 0 Å². The second kappa shape index (κ2) is 10.9. The first-order valence-electron chi connectivity index (χ1n) is 9.43. The zero-order chi connectivity index (χ0) is 20.5. The Hall–Kier alpha value is -2.43. The van der Waals surface area contributed by atoms with Crippen LogP contribution in [0, 0.1) is 0 Å². The fourth-order valence-electron chi connectivity index (χ4n) is 2.85. The number of aliphatic carboxylic acids is 1. The Morgan fingerprint density at radius 2 is 2.10 bits per heavy atom. The van der Waals surface area contributed by atoms with Crippen LogP contribution >= 0.6 is 11.8 Å². The molecule has 2 N–H and O–H groups in total. The van der Waals surface area contributed by atoms with Gasteiger partial charge >= 0.3 is 5.97 Å². The Morgan fingerprint density at radius 3 is 2.83 bits per heavy atom. The molecular formula is C19H24N4O5S. The first-order chi connectivity index (χ1) is 14.1. The highest BCUT2D eigenvalue weighted by molar-refractivity contribution is 8.15. The van der Waals surface area contributed by atoms with E-state index in [1.807, 2.05) is 24.3 Å². The highest BCUT2D eigenvalue weighted by atomic mass is 32.2. The second-order valence-corrected chi connectivity index (χ2v) is 7.76. The van der Waals surface area contributed by atoms with Gasteiger partial charge in [0, 0.05) is 19.6 Å². The van der Waals surface area contributed by atoms with Gasteiger partial charge in [-0.25, -0.2) is 0 Å². The maximum atomic E-state index is 11.6. The number of nitrogens with one attached hydrogen (secondary N) is 1. The lowest BCUT2D eigenvalue weighted by atomic mass is 10.2. The SMILES string of the molecule is O=C(O)CC1SC(=NN=Cc2ccc(OCCCN3CCOCC3)cc2)NC1=O. The van der Waals surface area contributed by atoms with E-state index in [4.69, 9.17) is 14.6 Å². The summed E-state index contributed by atoms with van der Waals surface area (Å²) in [5, 5.41) is 18.8. The highest BCUT2D eigenvalue weighted by Gasteiger charge is 2.32. The molecule has 3 rings (SSSR count). The Morgan fingerprint density at radius 1 is 1.34 bits per heavy atom. The number of hydrogen-bond acceptors (Lipinski definition) is 8. The van der Waals surface area contributed by atoms with Crippen molar-refractivity contribution in [1.29, 1.82) is 0 Å². The largest absolute Gasteiger partial charge is 0.494 e. The van der Waals surface area contributed by atoms with E-state index in [2.05, 4.69) is 20.4 Å². The minimum atomic E-state index is -1.02. The topological polar surface area (TPSA) is 113 Å². The minimum Gasteiger partial charge on any atom is -0.494 e. The van der Waals surface area contributed by atoms with Crippen LogP contribution < -0.4 is 10.1 Å². The predicted molar refractivity (Wildman–Crippen MR) is 111 cm³/mol. The molecule has 10 heteroatoms. The summed E-state index contributed by atoms with van der Waals surface area (Å²) in [6.45, 7) is 5.26. The number of nitrogens with zero attached hydrogens (tertiary/aromatic N) is 3. The van der Waals surface area contributed by atoms with Crippen molar-refractivity contribution in [2.24, 2.45) is 10.2 Å². The molecule has 0 aromatic heterocycles. The number of amidine groups is 1. The number of morpholine rings is 1. The summed E-state index contributed by atoms with van der Waals surface area (Å²) in [4.78, 5) is 24.7. The van der Waals surface area contributed by atoms with Gasteiger partial charge in [0.05, 0.1) is 32.5 Å². The molecule has 1 atom stereocenters. The van der Waals surface area contributed by atoms with Crippen molar-refractivity contribution in [3.05, 3.63) is 29.8 Å². The van der Waals surface area contributed by atoms with Gasteiger partial charge in [-0.1, -0.05) is 11.8 Å². The number of benzene rings is 1. The van der Waals surface area contributed by atoms with Crippen molar-refractivity contribution >= 4 is 35.0 Å². The van der Waals surface area contributed by atoms with Gasteiger partial charge in [-0.05, 0) is 36.2 Å². The van der Waals surface area contributed by atoms with Gasteiger partial charge in [0.1, 0.15) is 11.0 Å². The third kappa shape index (κ3) is 7.15. The number of hydrogen-bond donors (Lipinski definition) is 2. The summed E-state index contributed by atoms with van der Waals surface area (Å²) >= 11 is 1.07. The molecule has 0 aliphatic carbocycles. The number of carbonyl (C=O) groups is 2. The van der Waals surface area contributed by atoms with Crippen molar-refractivity contribution in [3.8, 4) is 5.75 Å². The maximum Gasteiger partial charge on any atom is 0.305 e. The number of thioether (sulfide) groups is 1. The molecule has 0 bridgehead atoms. The smallest absolute Gasteiger partial charge is 0.305 e. The van der Waals surface area contributed by atoms with Crippen LogP contribution in [0.15, 0.2) is 34.5 Å². The standard InChI is InChI=1S/C19H24N4O5S/c24-17(25)12-16-18(26)21-19(29-16)22-20-13-14-2-4-15(5-3-14)28-9-1-6-23-7-10-27-11-8-23/h2-5,13,16H,1,6-12H2,(H,24,25)(H,21,22,26). The lowest BCUT2D eigenvalue weighted by molar-refractivity contribution is -0.138. The third-order valence-electron chi connectivity index (χ3n) is 4.36. The highest BCUT2D eigenvalue weighted by Crippen LogP contribution is 2.22. The molecule has 2 fully saturated rings. The normalized spacial score (nSPS) is 21.6. The second-order valence-electron chi connectivity index (χ2n) is 6.57. The van der Waals surface area contributed by atoms with Crippen LogP contribution in [-0.4, -0.2) is 78.0 Å². The van der Waals surface area contributed by atoms with Gasteiger partial charge < -0.3 is 19.9 Å². The van der Waals surface area contributed by atoms with Crippen molar-refractivity contribution in [3.63, 3.8) is 0 Å². The minimum absolute atomic E-state index is 0.243. The average Bonchev–Trinajstić information content (AvgIpc) is 3.06. The molecule has 1 aromatic rings. The van der Waals surface area contributed by atoms with Crippen molar-refractivity contribution in [1.82, 2.24) is 10.2 Å². The number of ether oxygens (including phenoxy) is 2. The number of carbonyl (C=O) groups excluding carboxylic acids is 1. The number of carboxylic acid groups (broad SMARTS) is 1. The molecule has 9 nitrogen and oxygen atoms in total. The monoisotopic (exact) mass is 420 g/mol. The van der Waals surface area contributed by atoms with Crippen molar-refractivity contribution in [2.75, 3.05) is 39.5 Å². The maximum absolute atomic E-state index is 11.6. The van der Waals surface area contributed by atoms with Gasteiger partial charge in [0.25, 0.3) is 0 Å². The molecule has 0 saturated carbocycles. The van der Waals surface area contributed by atoms with E-state index in [1.165, 1.54) is 0 Å².